The molecule has 1 aromatic heterocycles. The summed E-state index contributed by atoms with van der Waals surface area (Å²) in [5.41, 5.74) is 0.611. The maximum atomic E-state index is 9.63. The van der Waals surface area contributed by atoms with E-state index in [1.165, 1.54) is 12.1 Å². The molecule has 0 fully saturated rings. The van der Waals surface area contributed by atoms with E-state index in [-0.39, 0.29) is 10.9 Å². The lowest BCUT2D eigenvalue weighted by molar-refractivity contribution is 0.164. The van der Waals surface area contributed by atoms with E-state index >= 15 is 0 Å². The topological polar surface area (TPSA) is 66.2 Å². The van der Waals surface area contributed by atoms with Gasteiger partial charge in [0.25, 0.3) is 0 Å². The number of phenolic OH excluding ortho intramolecular Hbond substituents is 1. The summed E-state index contributed by atoms with van der Waals surface area (Å²) in [6.45, 7) is 1.84. The third kappa shape index (κ3) is 1.94. The highest BCUT2D eigenvalue weighted by Gasteiger charge is 2.12. The molecule has 0 bridgehead atoms. The van der Waals surface area contributed by atoms with E-state index in [0.29, 0.717) is 23.1 Å². The number of nitrogens with zero attached hydrogens (tertiary/aromatic N) is 2. The zero-order chi connectivity index (χ0) is 11.7. The minimum atomic E-state index is -0.712. The molecular weight excluding hydrogens is 228 g/mol. The Bertz CT molecular complexity index is 531. The molecule has 2 aromatic rings. The first kappa shape index (κ1) is 11.1. The normalized spacial score (nSPS) is 12.9. The number of aromatic nitrogens is 2. The van der Waals surface area contributed by atoms with Crippen LogP contribution in [0.5, 0.6) is 5.75 Å². The first-order valence-electron chi connectivity index (χ1n) is 4.96. The molecule has 4 nitrogen and oxygen atoms in total. The number of benzene rings is 1. The van der Waals surface area contributed by atoms with Crippen LogP contribution in [0.3, 0.4) is 0 Å². The monoisotopic (exact) mass is 238 g/mol. The van der Waals surface area contributed by atoms with E-state index in [2.05, 4.69) is 9.97 Å². The van der Waals surface area contributed by atoms with Crippen LogP contribution in [0.4, 0.5) is 0 Å². The molecule has 1 atom stereocenters. The van der Waals surface area contributed by atoms with E-state index in [1.807, 2.05) is 6.92 Å². The molecule has 84 valence electrons. The number of aliphatic hydroxyl groups is 1. The van der Waals surface area contributed by atoms with Gasteiger partial charge in [0.2, 0.25) is 0 Å². The SMILES string of the molecule is CCC(O)c1nc(Cl)c2cc(O)ccc2n1. The Morgan fingerprint density at radius 2 is 2.12 bits per heavy atom. The van der Waals surface area contributed by atoms with Crippen LogP contribution in [-0.4, -0.2) is 20.2 Å². The Morgan fingerprint density at radius 1 is 1.38 bits per heavy atom. The van der Waals surface area contributed by atoms with Crippen molar-refractivity contribution in [2.24, 2.45) is 0 Å². The van der Waals surface area contributed by atoms with Crippen molar-refractivity contribution in [2.75, 3.05) is 0 Å². The van der Waals surface area contributed by atoms with E-state index in [9.17, 15) is 10.2 Å². The highest BCUT2D eigenvalue weighted by molar-refractivity contribution is 6.34. The van der Waals surface area contributed by atoms with Gasteiger partial charge in [-0.3, -0.25) is 0 Å². The minimum absolute atomic E-state index is 0.113. The highest BCUT2D eigenvalue weighted by atomic mass is 35.5. The van der Waals surface area contributed by atoms with Gasteiger partial charge in [-0.15, -0.1) is 0 Å². The molecule has 0 aliphatic rings. The molecule has 0 saturated carbocycles. The van der Waals surface area contributed by atoms with E-state index in [4.69, 9.17) is 11.6 Å². The summed E-state index contributed by atoms with van der Waals surface area (Å²) in [7, 11) is 0. The van der Waals surface area contributed by atoms with Crippen molar-refractivity contribution in [3.8, 4) is 5.75 Å². The van der Waals surface area contributed by atoms with Gasteiger partial charge in [0.15, 0.2) is 5.82 Å². The lowest BCUT2D eigenvalue weighted by atomic mass is 10.2. The van der Waals surface area contributed by atoms with Gasteiger partial charge >= 0.3 is 0 Å². The Kier molecular flexibility index (Phi) is 2.94. The third-order valence-electron chi connectivity index (χ3n) is 2.33. The zero-order valence-electron chi connectivity index (χ0n) is 8.68. The molecule has 1 aromatic carbocycles. The molecule has 5 heteroatoms. The number of hydrogen-bond acceptors (Lipinski definition) is 4. The summed E-state index contributed by atoms with van der Waals surface area (Å²) in [6, 6.07) is 4.66. The second-order valence-corrected chi connectivity index (χ2v) is 3.86. The molecule has 0 aliphatic heterocycles. The Balaban J connectivity index is 2.63. The summed E-state index contributed by atoms with van der Waals surface area (Å²) >= 11 is 5.96. The predicted octanol–water partition coefficient (Wildman–Crippen LogP) is 2.43. The predicted molar refractivity (Wildman–Crippen MR) is 61.5 cm³/mol. The lowest BCUT2D eigenvalue weighted by Gasteiger charge is -2.08. The molecule has 0 radical (unpaired) electrons. The molecule has 2 N–H and O–H groups in total. The van der Waals surface area contributed by atoms with Crippen LogP contribution in [0, 0.1) is 0 Å². The van der Waals surface area contributed by atoms with Gasteiger partial charge in [-0.1, -0.05) is 18.5 Å². The summed E-state index contributed by atoms with van der Waals surface area (Å²) in [5.74, 6) is 0.424. The van der Waals surface area contributed by atoms with Crippen molar-refractivity contribution in [3.05, 3.63) is 29.2 Å². The Labute approximate surface area is 97.5 Å². The number of hydrogen-bond donors (Lipinski definition) is 2. The third-order valence-corrected chi connectivity index (χ3v) is 2.62. The van der Waals surface area contributed by atoms with Crippen LogP contribution >= 0.6 is 11.6 Å². The summed E-state index contributed by atoms with van der Waals surface area (Å²) in [4.78, 5) is 8.20. The molecular formula is C11H11ClN2O2. The van der Waals surface area contributed by atoms with Gasteiger partial charge in [-0.25, -0.2) is 9.97 Å². The molecule has 0 saturated heterocycles. The fraction of sp³-hybridized carbons (Fsp3) is 0.273. The van der Waals surface area contributed by atoms with Crippen LogP contribution in [-0.2, 0) is 0 Å². The van der Waals surface area contributed by atoms with Crippen molar-refractivity contribution in [3.63, 3.8) is 0 Å². The average molecular weight is 239 g/mol. The lowest BCUT2D eigenvalue weighted by Crippen LogP contribution is -2.03. The molecule has 2 rings (SSSR count). The molecule has 0 spiro atoms. The highest BCUT2D eigenvalue weighted by Crippen LogP contribution is 2.26. The summed E-state index contributed by atoms with van der Waals surface area (Å²) in [6.07, 6.45) is -0.185. The van der Waals surface area contributed by atoms with Gasteiger partial charge in [-0.05, 0) is 24.6 Å². The van der Waals surface area contributed by atoms with E-state index in [1.54, 1.807) is 6.07 Å². The van der Waals surface area contributed by atoms with Crippen molar-refractivity contribution in [2.45, 2.75) is 19.4 Å². The fourth-order valence-corrected chi connectivity index (χ4v) is 1.67. The van der Waals surface area contributed by atoms with Crippen LogP contribution in [0.15, 0.2) is 18.2 Å². The van der Waals surface area contributed by atoms with Gasteiger partial charge in [0, 0.05) is 5.39 Å². The van der Waals surface area contributed by atoms with Crippen LogP contribution in [0.1, 0.15) is 25.3 Å². The second kappa shape index (κ2) is 4.23. The fourth-order valence-electron chi connectivity index (χ4n) is 1.43. The first-order valence-corrected chi connectivity index (χ1v) is 5.34. The van der Waals surface area contributed by atoms with Crippen LogP contribution in [0.25, 0.3) is 10.9 Å². The van der Waals surface area contributed by atoms with Crippen LogP contribution in [0.2, 0.25) is 5.15 Å². The van der Waals surface area contributed by atoms with E-state index in [0.717, 1.165) is 0 Å². The number of halogens is 1. The molecule has 1 unspecified atom stereocenters. The number of rotatable bonds is 2. The molecule has 0 aliphatic carbocycles. The maximum Gasteiger partial charge on any atom is 0.159 e. The molecule has 1 heterocycles. The Hall–Kier alpha value is -1.39. The quantitative estimate of drug-likeness (QED) is 0.789. The van der Waals surface area contributed by atoms with Crippen molar-refractivity contribution in [1.82, 2.24) is 9.97 Å². The summed E-state index contributed by atoms with van der Waals surface area (Å²) < 4.78 is 0. The van der Waals surface area contributed by atoms with Gasteiger partial charge in [0.05, 0.1) is 5.52 Å². The number of fused-ring (bicyclic) bond motifs is 1. The Morgan fingerprint density at radius 3 is 2.81 bits per heavy atom. The van der Waals surface area contributed by atoms with Crippen molar-refractivity contribution in [1.29, 1.82) is 0 Å². The largest absolute Gasteiger partial charge is 0.508 e. The number of phenols is 1. The smallest absolute Gasteiger partial charge is 0.159 e. The molecule has 0 amide bonds. The second-order valence-electron chi connectivity index (χ2n) is 3.50. The number of aliphatic hydroxyl groups excluding tert-OH is 1. The first-order chi connectivity index (χ1) is 7.61. The standard InChI is InChI=1S/C11H11ClN2O2/c1-2-9(16)11-13-8-4-3-6(15)5-7(8)10(12)14-11/h3-5,9,15-16H,2H2,1H3. The van der Waals surface area contributed by atoms with Crippen LogP contribution < -0.4 is 0 Å². The van der Waals surface area contributed by atoms with E-state index < -0.39 is 6.10 Å². The van der Waals surface area contributed by atoms with Gasteiger partial charge in [-0.2, -0.15) is 0 Å². The van der Waals surface area contributed by atoms with Crippen molar-refractivity contribution >= 4 is 22.5 Å². The van der Waals surface area contributed by atoms with Gasteiger partial charge < -0.3 is 10.2 Å². The van der Waals surface area contributed by atoms with Crippen molar-refractivity contribution < 1.29 is 10.2 Å². The maximum absolute atomic E-state index is 9.63. The average Bonchev–Trinajstić information content (AvgIpc) is 2.28. The molecule has 16 heavy (non-hydrogen) atoms. The number of aromatic hydroxyl groups is 1. The summed E-state index contributed by atoms with van der Waals surface area (Å²) in [5, 5.41) is 19.8. The van der Waals surface area contributed by atoms with Gasteiger partial charge in [0.1, 0.15) is 17.0 Å². The zero-order valence-corrected chi connectivity index (χ0v) is 9.44. The minimum Gasteiger partial charge on any atom is -0.508 e.